The van der Waals surface area contributed by atoms with Crippen LogP contribution in [0.1, 0.15) is 21.5 Å². The Labute approximate surface area is 118 Å². The van der Waals surface area contributed by atoms with Crippen LogP contribution in [0.25, 0.3) is 11.1 Å². The average molecular weight is 318 g/mol. The molecule has 0 aliphatic heterocycles. The summed E-state index contributed by atoms with van der Waals surface area (Å²) in [5, 5.41) is 0. The smallest absolute Gasteiger partial charge is 0.408 e. The minimum absolute atomic E-state index is 0.0812. The van der Waals surface area contributed by atoms with Crippen molar-refractivity contribution in [3.8, 4) is 0 Å². The van der Waals surface area contributed by atoms with Gasteiger partial charge in [-0.3, -0.25) is 4.98 Å². The highest BCUT2D eigenvalue weighted by Gasteiger charge is 2.12. The topological polar surface area (TPSA) is 46.0 Å². The van der Waals surface area contributed by atoms with Gasteiger partial charge in [0.05, 0.1) is 10.3 Å². The zero-order valence-corrected chi connectivity index (χ0v) is 11.9. The van der Waals surface area contributed by atoms with Crippen LogP contribution in [0.3, 0.4) is 0 Å². The fourth-order valence-electron chi connectivity index (χ4n) is 2.05. The molecule has 3 nitrogen and oxygen atoms in total. The second-order valence-corrected chi connectivity index (χ2v) is 5.46. The molecule has 0 saturated heterocycles. The molecule has 0 amide bonds. The van der Waals surface area contributed by atoms with Gasteiger partial charge in [-0.05, 0) is 30.2 Å². The minimum Gasteiger partial charge on any atom is -0.408 e. The Hall–Kier alpha value is -1.81. The van der Waals surface area contributed by atoms with E-state index in [0.717, 1.165) is 11.1 Å². The van der Waals surface area contributed by atoms with Gasteiger partial charge in [0, 0.05) is 0 Å². The first kappa shape index (κ1) is 12.2. The molecule has 1 heterocycles. The first-order chi connectivity index (χ1) is 9.13. The molecule has 1 N–H and O–H groups in total. The molecule has 1 atom stereocenters. The van der Waals surface area contributed by atoms with Crippen molar-refractivity contribution in [2.24, 2.45) is 0 Å². The molecular formula is C15H12BrNO2. The molecule has 0 aliphatic carbocycles. The number of alkyl halides is 1. The molecule has 0 radical (unpaired) electrons. The molecule has 0 saturated carbocycles. The van der Waals surface area contributed by atoms with Gasteiger partial charge in [0.1, 0.15) is 0 Å². The van der Waals surface area contributed by atoms with Gasteiger partial charge in [-0.25, -0.2) is 4.79 Å². The maximum Gasteiger partial charge on any atom is 0.417 e. The SMILES string of the molecule is Cc1ccc(C(Br)c2ccc3[nH]c(=O)oc3c2)cc1. The number of oxazole rings is 1. The van der Waals surface area contributed by atoms with Gasteiger partial charge in [-0.15, -0.1) is 0 Å². The van der Waals surface area contributed by atoms with Gasteiger partial charge >= 0.3 is 5.76 Å². The number of rotatable bonds is 2. The third-order valence-electron chi connectivity index (χ3n) is 3.11. The second kappa shape index (κ2) is 4.70. The minimum atomic E-state index is -0.423. The van der Waals surface area contributed by atoms with Crippen LogP contribution < -0.4 is 5.76 Å². The summed E-state index contributed by atoms with van der Waals surface area (Å²) in [6.45, 7) is 2.06. The van der Waals surface area contributed by atoms with Gasteiger partial charge in [0.2, 0.25) is 0 Å². The second-order valence-electron chi connectivity index (χ2n) is 4.54. The molecule has 0 bridgehead atoms. The van der Waals surface area contributed by atoms with E-state index in [-0.39, 0.29) is 4.83 Å². The molecule has 19 heavy (non-hydrogen) atoms. The molecule has 4 heteroatoms. The molecule has 1 unspecified atom stereocenters. The van der Waals surface area contributed by atoms with E-state index in [0.29, 0.717) is 5.58 Å². The number of aromatic nitrogens is 1. The standard InChI is InChI=1S/C15H12BrNO2/c1-9-2-4-10(5-3-9)14(16)11-6-7-12-13(8-11)19-15(18)17-12/h2-8,14H,1H3,(H,17,18). The highest BCUT2D eigenvalue weighted by molar-refractivity contribution is 9.09. The van der Waals surface area contributed by atoms with Crippen molar-refractivity contribution in [2.75, 3.05) is 0 Å². The van der Waals surface area contributed by atoms with Crippen LogP contribution >= 0.6 is 15.9 Å². The summed E-state index contributed by atoms with van der Waals surface area (Å²) >= 11 is 3.68. The average Bonchev–Trinajstić information content (AvgIpc) is 2.77. The Kier molecular flexibility index (Phi) is 3.03. The van der Waals surface area contributed by atoms with E-state index in [1.807, 2.05) is 18.2 Å². The van der Waals surface area contributed by atoms with Gasteiger partial charge in [-0.1, -0.05) is 51.8 Å². The number of hydrogen-bond donors (Lipinski definition) is 1. The highest BCUT2D eigenvalue weighted by atomic mass is 79.9. The van der Waals surface area contributed by atoms with Crippen molar-refractivity contribution in [1.29, 1.82) is 0 Å². The van der Waals surface area contributed by atoms with Crippen molar-refractivity contribution in [2.45, 2.75) is 11.8 Å². The third-order valence-corrected chi connectivity index (χ3v) is 4.17. The highest BCUT2D eigenvalue weighted by Crippen LogP contribution is 2.32. The predicted octanol–water partition coefficient (Wildman–Crippen LogP) is 3.91. The first-order valence-corrected chi connectivity index (χ1v) is 6.88. The summed E-state index contributed by atoms with van der Waals surface area (Å²) < 4.78 is 5.08. The largest absolute Gasteiger partial charge is 0.417 e. The lowest BCUT2D eigenvalue weighted by atomic mass is 10.0. The van der Waals surface area contributed by atoms with E-state index in [4.69, 9.17) is 4.42 Å². The number of H-pyrrole nitrogens is 1. The molecule has 3 rings (SSSR count). The Morgan fingerprint density at radius 3 is 2.53 bits per heavy atom. The van der Waals surface area contributed by atoms with Gasteiger partial charge < -0.3 is 4.42 Å². The van der Waals surface area contributed by atoms with Crippen molar-refractivity contribution in [1.82, 2.24) is 4.98 Å². The normalized spacial score (nSPS) is 12.7. The van der Waals surface area contributed by atoms with Gasteiger partial charge in [-0.2, -0.15) is 0 Å². The van der Waals surface area contributed by atoms with Crippen molar-refractivity contribution < 1.29 is 4.42 Å². The van der Waals surface area contributed by atoms with Crippen LogP contribution in [0.15, 0.2) is 51.7 Å². The molecule has 2 aromatic carbocycles. The number of halogens is 1. The van der Waals surface area contributed by atoms with Gasteiger partial charge in [0.25, 0.3) is 0 Å². The summed E-state index contributed by atoms with van der Waals surface area (Å²) in [5.74, 6) is -0.423. The predicted molar refractivity (Wildman–Crippen MR) is 78.8 cm³/mol. The molecule has 96 valence electrons. The van der Waals surface area contributed by atoms with E-state index in [1.54, 1.807) is 0 Å². The van der Waals surface area contributed by atoms with Crippen LogP contribution in [-0.4, -0.2) is 4.98 Å². The molecule has 3 aromatic rings. The zero-order chi connectivity index (χ0) is 13.4. The Bertz CT molecular complexity index is 771. The third kappa shape index (κ3) is 2.36. The quantitative estimate of drug-likeness (QED) is 0.728. The maximum absolute atomic E-state index is 11.1. The molecule has 0 aliphatic rings. The van der Waals surface area contributed by atoms with Crippen LogP contribution in [0, 0.1) is 6.92 Å². The lowest BCUT2D eigenvalue weighted by Crippen LogP contribution is -1.93. The molecule has 1 aromatic heterocycles. The fraction of sp³-hybridized carbons (Fsp3) is 0.133. The lowest BCUT2D eigenvalue weighted by molar-refractivity contribution is 0.555. The zero-order valence-electron chi connectivity index (χ0n) is 10.3. The van der Waals surface area contributed by atoms with Crippen LogP contribution in [-0.2, 0) is 0 Å². The van der Waals surface area contributed by atoms with Crippen LogP contribution in [0.5, 0.6) is 0 Å². The van der Waals surface area contributed by atoms with Crippen molar-refractivity contribution >= 4 is 27.0 Å². The number of benzene rings is 2. The van der Waals surface area contributed by atoms with E-state index < -0.39 is 5.76 Å². The van der Waals surface area contributed by atoms with E-state index in [2.05, 4.69) is 52.1 Å². The van der Waals surface area contributed by atoms with Crippen LogP contribution in [0.2, 0.25) is 0 Å². The van der Waals surface area contributed by atoms with E-state index in [9.17, 15) is 4.79 Å². The van der Waals surface area contributed by atoms with Crippen LogP contribution in [0.4, 0.5) is 0 Å². The summed E-state index contributed by atoms with van der Waals surface area (Å²) in [7, 11) is 0. The number of aryl methyl sites for hydroxylation is 1. The van der Waals surface area contributed by atoms with E-state index >= 15 is 0 Å². The summed E-state index contributed by atoms with van der Waals surface area (Å²) in [6, 6.07) is 14.1. The lowest BCUT2D eigenvalue weighted by Gasteiger charge is -2.10. The van der Waals surface area contributed by atoms with Gasteiger partial charge in [0.15, 0.2) is 5.58 Å². The number of fused-ring (bicyclic) bond motifs is 1. The Balaban J connectivity index is 2.03. The summed E-state index contributed by atoms with van der Waals surface area (Å²) in [6.07, 6.45) is 0. The molecular weight excluding hydrogens is 306 g/mol. The number of hydrogen-bond acceptors (Lipinski definition) is 2. The molecule has 0 spiro atoms. The number of nitrogens with one attached hydrogen (secondary N) is 1. The Morgan fingerprint density at radius 1 is 1.11 bits per heavy atom. The van der Waals surface area contributed by atoms with Crippen molar-refractivity contribution in [3.05, 3.63) is 69.7 Å². The summed E-state index contributed by atoms with van der Waals surface area (Å²) in [5.41, 5.74) is 4.76. The molecule has 0 fully saturated rings. The Morgan fingerprint density at radius 2 is 1.79 bits per heavy atom. The monoisotopic (exact) mass is 317 g/mol. The fourth-order valence-corrected chi connectivity index (χ4v) is 2.64. The summed E-state index contributed by atoms with van der Waals surface area (Å²) in [4.78, 5) is 13.9. The van der Waals surface area contributed by atoms with E-state index in [1.165, 1.54) is 11.1 Å². The van der Waals surface area contributed by atoms with Crippen molar-refractivity contribution in [3.63, 3.8) is 0 Å². The maximum atomic E-state index is 11.1. The number of aromatic amines is 1. The first-order valence-electron chi connectivity index (χ1n) is 5.97.